The summed E-state index contributed by atoms with van der Waals surface area (Å²) in [5.74, 6) is -1.25. The monoisotopic (exact) mass is 267 g/mol. The van der Waals surface area contributed by atoms with Crippen LogP contribution >= 0.6 is 0 Å². The number of carbonyl (C=O) groups is 2. The lowest BCUT2D eigenvalue weighted by molar-refractivity contribution is -0.120. The molecule has 5 nitrogen and oxygen atoms in total. The summed E-state index contributed by atoms with van der Waals surface area (Å²) in [7, 11) is 0. The Morgan fingerprint density at radius 1 is 1.26 bits per heavy atom. The summed E-state index contributed by atoms with van der Waals surface area (Å²) in [6, 6.07) is 4.03. The normalized spacial score (nSPS) is 10.0. The Morgan fingerprint density at radius 3 is 2.68 bits per heavy atom. The van der Waals surface area contributed by atoms with E-state index in [4.69, 9.17) is 5.73 Å². The molecular formula is C13H18FN3O2. The first-order chi connectivity index (χ1) is 9.06. The summed E-state index contributed by atoms with van der Waals surface area (Å²) < 4.78 is 13.2. The van der Waals surface area contributed by atoms with E-state index in [2.05, 4.69) is 10.6 Å². The minimum Gasteiger partial charge on any atom is -0.396 e. The van der Waals surface area contributed by atoms with Crippen molar-refractivity contribution in [2.24, 2.45) is 0 Å². The number of hydrogen-bond acceptors (Lipinski definition) is 3. The van der Waals surface area contributed by atoms with Crippen LogP contribution in [0.1, 0.15) is 30.1 Å². The van der Waals surface area contributed by atoms with E-state index < -0.39 is 11.7 Å². The van der Waals surface area contributed by atoms with E-state index in [1.165, 1.54) is 18.2 Å². The Morgan fingerprint density at radius 2 is 2.00 bits per heavy atom. The van der Waals surface area contributed by atoms with Gasteiger partial charge in [-0.1, -0.05) is 13.0 Å². The molecule has 0 bridgehead atoms. The SMILES string of the molecule is CCCNC(=O)CCNC(=O)c1cccc(F)c1N. The number of amides is 2. The molecule has 2 amide bonds. The number of nitrogens with two attached hydrogens (primary N) is 1. The highest BCUT2D eigenvalue weighted by molar-refractivity contribution is 5.99. The van der Waals surface area contributed by atoms with Crippen LogP contribution in [-0.2, 0) is 4.79 Å². The molecule has 1 aromatic rings. The van der Waals surface area contributed by atoms with Crippen molar-refractivity contribution >= 4 is 17.5 Å². The van der Waals surface area contributed by atoms with Crippen molar-refractivity contribution in [2.45, 2.75) is 19.8 Å². The van der Waals surface area contributed by atoms with Crippen LogP contribution in [0.4, 0.5) is 10.1 Å². The van der Waals surface area contributed by atoms with Crippen LogP contribution in [0.5, 0.6) is 0 Å². The zero-order chi connectivity index (χ0) is 14.3. The average Bonchev–Trinajstić information content (AvgIpc) is 2.39. The molecule has 0 spiro atoms. The van der Waals surface area contributed by atoms with Gasteiger partial charge in [-0.25, -0.2) is 4.39 Å². The number of carbonyl (C=O) groups excluding carboxylic acids is 2. The molecule has 4 N–H and O–H groups in total. The van der Waals surface area contributed by atoms with E-state index in [1.807, 2.05) is 6.92 Å². The maximum absolute atomic E-state index is 13.2. The van der Waals surface area contributed by atoms with E-state index in [0.29, 0.717) is 6.54 Å². The average molecular weight is 267 g/mol. The van der Waals surface area contributed by atoms with Crippen molar-refractivity contribution in [3.8, 4) is 0 Å². The summed E-state index contributed by atoms with van der Waals surface area (Å²) in [5.41, 5.74) is 5.36. The molecule has 0 fully saturated rings. The van der Waals surface area contributed by atoms with E-state index in [0.717, 1.165) is 6.42 Å². The van der Waals surface area contributed by atoms with Gasteiger partial charge < -0.3 is 16.4 Å². The second-order valence-corrected chi connectivity index (χ2v) is 4.06. The number of anilines is 1. The van der Waals surface area contributed by atoms with Crippen LogP contribution in [0.3, 0.4) is 0 Å². The molecule has 1 rings (SSSR count). The Hall–Kier alpha value is -2.11. The van der Waals surface area contributed by atoms with E-state index >= 15 is 0 Å². The molecule has 0 aliphatic rings. The second kappa shape index (κ2) is 7.35. The number of para-hydroxylation sites is 1. The summed E-state index contributed by atoms with van der Waals surface area (Å²) in [6.07, 6.45) is 1.04. The summed E-state index contributed by atoms with van der Waals surface area (Å²) in [5, 5.41) is 5.22. The highest BCUT2D eigenvalue weighted by atomic mass is 19.1. The van der Waals surface area contributed by atoms with E-state index in [-0.39, 0.29) is 30.1 Å². The van der Waals surface area contributed by atoms with E-state index in [1.54, 1.807) is 0 Å². The van der Waals surface area contributed by atoms with Gasteiger partial charge in [-0.3, -0.25) is 9.59 Å². The molecular weight excluding hydrogens is 249 g/mol. The fraction of sp³-hybridized carbons (Fsp3) is 0.385. The Labute approximate surface area is 111 Å². The van der Waals surface area contributed by atoms with Crippen molar-refractivity contribution in [1.82, 2.24) is 10.6 Å². The van der Waals surface area contributed by atoms with Crippen LogP contribution in [0.25, 0.3) is 0 Å². The Kier molecular flexibility index (Phi) is 5.78. The molecule has 0 unspecified atom stereocenters. The van der Waals surface area contributed by atoms with Gasteiger partial charge in [0.1, 0.15) is 5.82 Å². The zero-order valence-electron chi connectivity index (χ0n) is 10.8. The number of nitrogen functional groups attached to an aromatic ring is 1. The van der Waals surface area contributed by atoms with Gasteiger partial charge in [0, 0.05) is 19.5 Å². The minimum absolute atomic E-state index is 0.0777. The molecule has 19 heavy (non-hydrogen) atoms. The maximum atomic E-state index is 13.2. The van der Waals surface area contributed by atoms with Gasteiger partial charge >= 0.3 is 0 Å². The standard InChI is InChI=1S/C13H18FN3O2/c1-2-7-16-11(18)6-8-17-13(19)9-4-3-5-10(14)12(9)15/h3-5H,2,6-8,15H2,1H3,(H,16,18)(H,17,19). The van der Waals surface area contributed by atoms with Gasteiger partial charge in [-0.15, -0.1) is 0 Å². The molecule has 0 saturated carbocycles. The maximum Gasteiger partial charge on any atom is 0.253 e. The molecule has 0 atom stereocenters. The molecule has 0 radical (unpaired) electrons. The second-order valence-electron chi connectivity index (χ2n) is 4.06. The first-order valence-corrected chi connectivity index (χ1v) is 6.15. The van der Waals surface area contributed by atoms with Gasteiger partial charge in [-0.2, -0.15) is 0 Å². The summed E-state index contributed by atoms with van der Waals surface area (Å²) in [4.78, 5) is 23.0. The Bertz CT molecular complexity index is 463. The van der Waals surface area contributed by atoms with Crippen LogP contribution in [-0.4, -0.2) is 24.9 Å². The van der Waals surface area contributed by atoms with Crippen molar-refractivity contribution in [2.75, 3.05) is 18.8 Å². The van der Waals surface area contributed by atoms with Crippen molar-refractivity contribution in [3.05, 3.63) is 29.6 Å². The van der Waals surface area contributed by atoms with Gasteiger partial charge in [0.05, 0.1) is 11.3 Å². The first kappa shape index (κ1) is 14.9. The first-order valence-electron chi connectivity index (χ1n) is 6.15. The fourth-order valence-electron chi connectivity index (χ4n) is 1.47. The zero-order valence-corrected chi connectivity index (χ0v) is 10.8. The van der Waals surface area contributed by atoms with Crippen molar-refractivity contribution in [1.29, 1.82) is 0 Å². The topological polar surface area (TPSA) is 84.2 Å². The Balaban J connectivity index is 2.43. The van der Waals surface area contributed by atoms with Crippen molar-refractivity contribution in [3.63, 3.8) is 0 Å². The molecule has 0 aliphatic carbocycles. The highest BCUT2D eigenvalue weighted by Gasteiger charge is 2.12. The smallest absolute Gasteiger partial charge is 0.253 e. The number of hydrogen-bond donors (Lipinski definition) is 3. The minimum atomic E-state index is -0.631. The lowest BCUT2D eigenvalue weighted by atomic mass is 10.1. The third-order valence-electron chi connectivity index (χ3n) is 2.51. The third kappa shape index (κ3) is 4.57. The molecule has 104 valence electrons. The van der Waals surface area contributed by atoms with Crippen LogP contribution < -0.4 is 16.4 Å². The van der Waals surface area contributed by atoms with Gasteiger partial charge in [0.2, 0.25) is 5.91 Å². The van der Waals surface area contributed by atoms with Crippen molar-refractivity contribution < 1.29 is 14.0 Å². The van der Waals surface area contributed by atoms with Gasteiger partial charge in [0.25, 0.3) is 5.91 Å². The van der Waals surface area contributed by atoms with E-state index in [9.17, 15) is 14.0 Å². The van der Waals surface area contributed by atoms with Crippen LogP contribution in [0.2, 0.25) is 0 Å². The van der Waals surface area contributed by atoms with Crippen LogP contribution in [0.15, 0.2) is 18.2 Å². The van der Waals surface area contributed by atoms with Gasteiger partial charge in [0.15, 0.2) is 0 Å². The highest BCUT2D eigenvalue weighted by Crippen LogP contribution is 2.15. The number of benzene rings is 1. The number of halogens is 1. The predicted octanol–water partition coefficient (Wildman–Crippen LogP) is 1.05. The number of rotatable bonds is 6. The third-order valence-corrected chi connectivity index (χ3v) is 2.51. The summed E-state index contributed by atoms with van der Waals surface area (Å²) >= 11 is 0. The quantitative estimate of drug-likeness (QED) is 0.674. The molecule has 0 aromatic heterocycles. The molecule has 0 aliphatic heterocycles. The predicted molar refractivity (Wildman–Crippen MR) is 71.1 cm³/mol. The largest absolute Gasteiger partial charge is 0.396 e. The van der Waals surface area contributed by atoms with Crippen LogP contribution in [0, 0.1) is 5.82 Å². The molecule has 1 aromatic carbocycles. The summed E-state index contributed by atoms with van der Waals surface area (Å²) in [6.45, 7) is 2.75. The molecule has 0 heterocycles. The lowest BCUT2D eigenvalue weighted by Gasteiger charge is -2.08. The lowest BCUT2D eigenvalue weighted by Crippen LogP contribution is -2.31. The van der Waals surface area contributed by atoms with Gasteiger partial charge in [-0.05, 0) is 18.6 Å². The molecule has 6 heteroatoms. The molecule has 0 saturated heterocycles. The number of nitrogens with one attached hydrogen (secondary N) is 2. The fourth-order valence-corrected chi connectivity index (χ4v) is 1.47.